The summed E-state index contributed by atoms with van der Waals surface area (Å²) in [6.07, 6.45) is 0. The second kappa shape index (κ2) is 18.1. The highest BCUT2D eigenvalue weighted by Gasteiger charge is 2.52. The Kier molecular flexibility index (Phi) is 10.0. The molecule has 1 aliphatic heterocycles. The lowest BCUT2D eigenvalue weighted by Crippen LogP contribution is -2.33. The number of hydrogen-bond acceptors (Lipinski definition) is 1. The van der Waals surface area contributed by atoms with Gasteiger partial charge in [0.05, 0.1) is 44.3 Å². The van der Waals surface area contributed by atoms with Crippen molar-refractivity contribution in [2.75, 3.05) is 4.90 Å². The van der Waals surface area contributed by atoms with Crippen molar-refractivity contribution >= 4 is 71.4 Å². The average molecular weight is 1100 g/mol. The van der Waals surface area contributed by atoms with Crippen molar-refractivity contribution in [3.8, 4) is 44.8 Å². The maximum atomic E-state index is 2.57. The van der Waals surface area contributed by atoms with Crippen LogP contribution in [0.2, 0.25) is 0 Å². The van der Waals surface area contributed by atoms with E-state index in [1.807, 2.05) is 0 Å². The number of anilines is 3. The van der Waals surface area contributed by atoms with Crippen molar-refractivity contribution in [3.05, 3.63) is 366 Å². The summed E-state index contributed by atoms with van der Waals surface area (Å²) in [5, 5.41) is 7.54. The zero-order valence-electron chi connectivity index (χ0n) is 47.4. The van der Waals surface area contributed by atoms with Gasteiger partial charge < -0.3 is 14.0 Å². The molecule has 0 radical (unpaired) electrons. The van der Waals surface area contributed by atoms with Gasteiger partial charge in [-0.1, -0.05) is 255 Å². The zero-order chi connectivity index (χ0) is 57.0. The molecule has 19 rings (SSSR count). The van der Waals surface area contributed by atoms with E-state index >= 15 is 0 Å². The summed E-state index contributed by atoms with van der Waals surface area (Å²) in [7, 11) is 0. The molecule has 16 aromatic rings. The van der Waals surface area contributed by atoms with Crippen LogP contribution < -0.4 is 4.90 Å². The largest absolute Gasteiger partial charge is 0.310 e. The first-order valence-corrected chi connectivity index (χ1v) is 30.3. The van der Waals surface area contributed by atoms with Crippen molar-refractivity contribution in [1.29, 1.82) is 0 Å². The minimum absolute atomic E-state index is 0.629. The van der Waals surface area contributed by atoms with E-state index in [-0.39, 0.29) is 0 Å². The molecule has 404 valence electrons. The third-order valence-corrected chi connectivity index (χ3v) is 19.8. The number of fused-ring (bicyclic) bond motifs is 20. The Hall–Kier alpha value is -11.3. The Morgan fingerprint density at radius 2 is 0.816 bits per heavy atom. The van der Waals surface area contributed by atoms with Crippen LogP contribution in [-0.2, 0) is 10.8 Å². The topological polar surface area (TPSA) is 13.1 Å². The Bertz CT molecular complexity index is 5440. The van der Waals surface area contributed by atoms with Crippen LogP contribution in [-0.4, -0.2) is 9.13 Å². The first-order valence-electron chi connectivity index (χ1n) is 30.3. The number of hydrogen-bond donors (Lipinski definition) is 0. The van der Waals surface area contributed by atoms with Crippen LogP contribution in [0, 0.1) is 0 Å². The van der Waals surface area contributed by atoms with E-state index in [1.54, 1.807) is 0 Å². The second-order valence-corrected chi connectivity index (χ2v) is 23.8. The van der Waals surface area contributed by atoms with Crippen LogP contribution in [0.3, 0.4) is 0 Å². The van der Waals surface area contributed by atoms with E-state index in [1.165, 1.54) is 127 Å². The van der Waals surface area contributed by atoms with Crippen LogP contribution in [0.25, 0.3) is 99.1 Å². The molecule has 87 heavy (non-hydrogen) atoms. The highest BCUT2D eigenvalue weighted by atomic mass is 15.1. The molecule has 1 atom stereocenters. The molecule has 3 aliphatic rings. The van der Waals surface area contributed by atoms with Gasteiger partial charge in [0, 0.05) is 44.2 Å². The number of benzene rings is 14. The summed E-state index contributed by atoms with van der Waals surface area (Å²) < 4.78 is 4.95. The Morgan fingerprint density at radius 1 is 0.276 bits per heavy atom. The Morgan fingerprint density at radius 3 is 1.56 bits per heavy atom. The molecule has 0 amide bonds. The van der Waals surface area contributed by atoms with Crippen LogP contribution >= 0.6 is 0 Å². The smallest absolute Gasteiger partial charge is 0.0755 e. The molecule has 0 fully saturated rings. The molecule has 14 aromatic carbocycles. The Labute approximate surface area is 504 Å². The fourth-order valence-electron chi connectivity index (χ4n) is 16.4. The van der Waals surface area contributed by atoms with E-state index < -0.39 is 10.8 Å². The molecular formula is C84H53N3. The lowest BCUT2D eigenvalue weighted by atomic mass is 9.65. The lowest BCUT2D eigenvalue weighted by molar-refractivity contribution is 0.748. The molecule has 0 bridgehead atoms. The zero-order valence-corrected chi connectivity index (χ0v) is 47.4. The normalized spacial score (nSPS) is 14.8. The van der Waals surface area contributed by atoms with Gasteiger partial charge in [-0.2, -0.15) is 0 Å². The molecule has 2 aromatic heterocycles. The maximum Gasteiger partial charge on any atom is 0.0755 e. The molecule has 3 heterocycles. The summed E-state index contributed by atoms with van der Waals surface area (Å²) in [5.74, 6) is 0. The van der Waals surface area contributed by atoms with Gasteiger partial charge in [-0.15, -0.1) is 0 Å². The van der Waals surface area contributed by atoms with Crippen LogP contribution in [0.4, 0.5) is 17.1 Å². The van der Waals surface area contributed by atoms with Crippen LogP contribution in [0.1, 0.15) is 44.5 Å². The summed E-state index contributed by atoms with van der Waals surface area (Å²) in [4.78, 5) is 2.57. The van der Waals surface area contributed by atoms with Crippen molar-refractivity contribution in [2.45, 2.75) is 10.8 Å². The molecule has 3 nitrogen and oxygen atoms in total. The van der Waals surface area contributed by atoms with Crippen molar-refractivity contribution in [1.82, 2.24) is 9.13 Å². The van der Waals surface area contributed by atoms with Gasteiger partial charge in [-0.3, -0.25) is 0 Å². The SMILES string of the molecule is c1ccc(C2(c3ccccc3)c3cc(N(c4ccc(-c5cccc(-n6c7ccccc7c7ccccc76)c5)cc4)c4cccc5c4-c4ccccc4C54c5ccccc5-n5c6ccccc6c6cccc4c65)ccc3-c3c2ccc2ccccc32)cc1. The molecular weight excluding hydrogens is 1050 g/mol. The summed E-state index contributed by atoms with van der Waals surface area (Å²) in [5.41, 5.74) is 26.8. The van der Waals surface area contributed by atoms with E-state index in [9.17, 15) is 0 Å². The third kappa shape index (κ3) is 6.39. The molecule has 0 saturated heterocycles. The van der Waals surface area contributed by atoms with Crippen molar-refractivity contribution in [2.24, 2.45) is 0 Å². The fraction of sp³-hybridized carbons (Fsp3) is 0.0238. The predicted octanol–water partition coefficient (Wildman–Crippen LogP) is 21.2. The monoisotopic (exact) mass is 1100 g/mol. The number of para-hydroxylation sites is 5. The number of nitrogens with zero attached hydrogens (tertiary/aromatic N) is 3. The highest BCUT2D eigenvalue weighted by molar-refractivity contribution is 6.14. The molecule has 0 saturated carbocycles. The van der Waals surface area contributed by atoms with Gasteiger partial charge in [0.2, 0.25) is 0 Å². The van der Waals surface area contributed by atoms with E-state index in [0.29, 0.717) is 0 Å². The standard InChI is InChI=1S/C84H53N3/c1-3-24-57(25-4-1)83(58-26-5-2-6-27-58)72-51-46-55-22-7-8-29-62(55)80(72)68-50-49-61(53-74(68)83)85(59-47-44-54(45-48-59)56-23-19-28-60(52-56)86-75-39-15-10-30-63(75)64-31-11-16-40-76(64)86)79-43-21-37-71-81(79)67-33-9-13-35-69(67)84(71)70-36-14-18-42-78(70)87-77-41-17-12-32-65(77)66-34-20-38-73(84)82(66)87/h1-53H. The van der Waals surface area contributed by atoms with Gasteiger partial charge in [0.15, 0.2) is 0 Å². The van der Waals surface area contributed by atoms with Crippen molar-refractivity contribution in [3.63, 3.8) is 0 Å². The first-order chi connectivity index (χ1) is 43.2. The fourth-order valence-corrected chi connectivity index (χ4v) is 16.4. The molecule has 1 unspecified atom stereocenters. The average Bonchev–Trinajstić information content (AvgIpc) is 1.56. The van der Waals surface area contributed by atoms with Crippen LogP contribution in [0.15, 0.2) is 322 Å². The van der Waals surface area contributed by atoms with Gasteiger partial charge in [-0.25, -0.2) is 0 Å². The third-order valence-electron chi connectivity index (χ3n) is 19.8. The van der Waals surface area contributed by atoms with E-state index in [2.05, 4.69) is 336 Å². The molecule has 3 heteroatoms. The van der Waals surface area contributed by atoms with Crippen molar-refractivity contribution < 1.29 is 0 Å². The van der Waals surface area contributed by atoms with Gasteiger partial charge >= 0.3 is 0 Å². The van der Waals surface area contributed by atoms with Crippen LogP contribution in [0.5, 0.6) is 0 Å². The molecule has 0 N–H and O–H groups in total. The van der Waals surface area contributed by atoms with E-state index in [4.69, 9.17) is 0 Å². The highest BCUT2D eigenvalue weighted by Crippen LogP contribution is 2.64. The van der Waals surface area contributed by atoms with Gasteiger partial charge in [0.1, 0.15) is 0 Å². The number of rotatable bonds is 7. The first kappa shape index (κ1) is 48.1. The lowest BCUT2D eigenvalue weighted by Gasteiger charge is -2.39. The van der Waals surface area contributed by atoms with Gasteiger partial charge in [-0.05, 0) is 150 Å². The summed E-state index contributed by atoms with van der Waals surface area (Å²) in [6.45, 7) is 0. The minimum atomic E-state index is -0.637. The molecule has 1 spiro atoms. The predicted molar refractivity (Wildman–Crippen MR) is 361 cm³/mol. The minimum Gasteiger partial charge on any atom is -0.310 e. The summed E-state index contributed by atoms with van der Waals surface area (Å²) in [6, 6.07) is 121. The second-order valence-electron chi connectivity index (χ2n) is 23.8. The van der Waals surface area contributed by atoms with Gasteiger partial charge in [0.25, 0.3) is 0 Å². The van der Waals surface area contributed by atoms with E-state index in [0.717, 1.165) is 33.9 Å². The molecule has 2 aliphatic carbocycles. The Balaban J connectivity index is 0.873. The number of aromatic nitrogens is 2. The maximum absolute atomic E-state index is 2.57. The summed E-state index contributed by atoms with van der Waals surface area (Å²) >= 11 is 0. The quantitative estimate of drug-likeness (QED) is 0.155.